The lowest BCUT2D eigenvalue weighted by molar-refractivity contribution is -0.122. The molecule has 0 aliphatic heterocycles. The molecule has 6 nitrogen and oxygen atoms in total. The quantitative estimate of drug-likeness (QED) is 0.594. The van der Waals surface area contributed by atoms with Gasteiger partial charge in [0.25, 0.3) is 0 Å². The van der Waals surface area contributed by atoms with Crippen LogP contribution >= 0.6 is 0 Å². The number of hydrogen-bond donors (Lipinski definition) is 3. The van der Waals surface area contributed by atoms with E-state index >= 15 is 0 Å². The summed E-state index contributed by atoms with van der Waals surface area (Å²) in [6.07, 6.45) is 5.06. The average molecular weight is 254 g/mol. The van der Waals surface area contributed by atoms with Crippen LogP contribution in [0.1, 0.15) is 31.4 Å². The van der Waals surface area contributed by atoms with E-state index in [1.807, 2.05) is 6.92 Å². The number of amides is 1. The van der Waals surface area contributed by atoms with Crippen molar-refractivity contribution in [2.45, 2.75) is 25.8 Å². The standard InChI is InChI=1S/C12H22N4O2/c1-9(8-17)4-3-5-14-12(18)11(13)10-6-15-16(2)7-10/h6-7,9,11,17H,3-5,8,13H2,1-2H3,(H,14,18). The first-order valence-electron chi connectivity index (χ1n) is 6.17. The number of carbonyl (C=O) groups is 1. The maximum absolute atomic E-state index is 11.7. The second kappa shape index (κ2) is 7.13. The number of nitrogens with zero attached hydrogens (tertiary/aromatic N) is 2. The first-order valence-corrected chi connectivity index (χ1v) is 6.17. The molecular formula is C12H22N4O2. The summed E-state index contributed by atoms with van der Waals surface area (Å²) in [6.45, 7) is 2.74. The number of aliphatic hydroxyl groups is 1. The van der Waals surface area contributed by atoms with Gasteiger partial charge >= 0.3 is 0 Å². The van der Waals surface area contributed by atoms with Gasteiger partial charge in [-0.15, -0.1) is 0 Å². The second-order valence-corrected chi connectivity index (χ2v) is 4.65. The molecule has 2 atom stereocenters. The molecule has 0 aromatic carbocycles. The number of carbonyl (C=O) groups excluding carboxylic acids is 1. The first-order chi connectivity index (χ1) is 8.54. The first kappa shape index (κ1) is 14.7. The summed E-state index contributed by atoms with van der Waals surface area (Å²) in [5.41, 5.74) is 6.52. The van der Waals surface area contributed by atoms with Crippen LogP contribution in [0.2, 0.25) is 0 Å². The van der Waals surface area contributed by atoms with Crippen LogP contribution in [0.3, 0.4) is 0 Å². The molecule has 0 fully saturated rings. The van der Waals surface area contributed by atoms with E-state index in [1.165, 1.54) is 0 Å². The zero-order valence-electron chi connectivity index (χ0n) is 11.0. The average Bonchev–Trinajstić information content (AvgIpc) is 2.79. The monoisotopic (exact) mass is 254 g/mol. The highest BCUT2D eigenvalue weighted by Crippen LogP contribution is 2.08. The number of hydrogen-bond acceptors (Lipinski definition) is 4. The molecule has 0 spiro atoms. The summed E-state index contributed by atoms with van der Waals surface area (Å²) in [5.74, 6) is 0.0774. The molecule has 0 saturated heterocycles. The summed E-state index contributed by atoms with van der Waals surface area (Å²) >= 11 is 0. The lowest BCUT2D eigenvalue weighted by Gasteiger charge is -2.11. The fourth-order valence-electron chi connectivity index (χ4n) is 1.62. The molecule has 18 heavy (non-hydrogen) atoms. The van der Waals surface area contributed by atoms with Gasteiger partial charge in [-0.2, -0.15) is 5.10 Å². The molecule has 0 aliphatic carbocycles. The third-order valence-corrected chi connectivity index (χ3v) is 2.85. The lowest BCUT2D eigenvalue weighted by atomic mass is 10.1. The maximum Gasteiger partial charge on any atom is 0.241 e. The SMILES string of the molecule is CC(CO)CCCNC(=O)C(N)c1cnn(C)c1. The normalized spacial score (nSPS) is 14.2. The van der Waals surface area contributed by atoms with Crippen LogP contribution in [0.5, 0.6) is 0 Å². The number of aliphatic hydroxyl groups excluding tert-OH is 1. The lowest BCUT2D eigenvalue weighted by Crippen LogP contribution is -2.34. The largest absolute Gasteiger partial charge is 0.396 e. The van der Waals surface area contributed by atoms with Gasteiger partial charge in [0, 0.05) is 32.0 Å². The van der Waals surface area contributed by atoms with Gasteiger partial charge < -0.3 is 16.2 Å². The van der Waals surface area contributed by atoms with Gasteiger partial charge in [0.2, 0.25) is 5.91 Å². The fraction of sp³-hybridized carbons (Fsp3) is 0.667. The van der Waals surface area contributed by atoms with Crippen molar-refractivity contribution in [2.24, 2.45) is 18.7 Å². The highest BCUT2D eigenvalue weighted by Gasteiger charge is 2.16. The summed E-state index contributed by atoms with van der Waals surface area (Å²) in [6, 6.07) is -0.672. The summed E-state index contributed by atoms with van der Waals surface area (Å²) < 4.78 is 1.62. The number of nitrogens with two attached hydrogens (primary N) is 1. The Morgan fingerprint density at radius 2 is 2.39 bits per heavy atom. The topological polar surface area (TPSA) is 93.2 Å². The van der Waals surface area contributed by atoms with E-state index in [1.54, 1.807) is 24.1 Å². The summed E-state index contributed by atoms with van der Waals surface area (Å²) in [7, 11) is 1.78. The van der Waals surface area contributed by atoms with E-state index in [0.29, 0.717) is 12.1 Å². The van der Waals surface area contributed by atoms with Gasteiger partial charge in [0.1, 0.15) is 6.04 Å². The number of aromatic nitrogens is 2. The Kier molecular flexibility index (Phi) is 5.80. The minimum atomic E-state index is -0.672. The molecule has 4 N–H and O–H groups in total. The molecule has 1 aromatic rings. The predicted molar refractivity (Wildman–Crippen MR) is 68.6 cm³/mol. The van der Waals surface area contributed by atoms with E-state index in [0.717, 1.165) is 12.8 Å². The minimum Gasteiger partial charge on any atom is -0.396 e. The van der Waals surface area contributed by atoms with Crippen LogP contribution in [-0.2, 0) is 11.8 Å². The second-order valence-electron chi connectivity index (χ2n) is 4.65. The molecule has 1 amide bonds. The molecule has 0 radical (unpaired) electrons. The van der Waals surface area contributed by atoms with E-state index in [9.17, 15) is 4.79 Å². The Hall–Kier alpha value is -1.40. The van der Waals surface area contributed by atoms with E-state index < -0.39 is 6.04 Å². The van der Waals surface area contributed by atoms with Gasteiger partial charge in [-0.1, -0.05) is 6.92 Å². The predicted octanol–water partition coefficient (Wildman–Crippen LogP) is -0.0553. The fourth-order valence-corrected chi connectivity index (χ4v) is 1.62. The van der Waals surface area contributed by atoms with Crippen LogP contribution in [0.25, 0.3) is 0 Å². The molecule has 1 rings (SSSR count). The van der Waals surface area contributed by atoms with Crippen LogP contribution in [0.4, 0.5) is 0 Å². The van der Waals surface area contributed by atoms with Gasteiger partial charge in [-0.3, -0.25) is 9.48 Å². The zero-order chi connectivity index (χ0) is 13.5. The summed E-state index contributed by atoms with van der Waals surface area (Å²) in [5, 5.41) is 15.6. The van der Waals surface area contributed by atoms with Gasteiger partial charge in [-0.25, -0.2) is 0 Å². The highest BCUT2D eigenvalue weighted by atomic mass is 16.3. The minimum absolute atomic E-state index is 0.184. The highest BCUT2D eigenvalue weighted by molar-refractivity contribution is 5.82. The Bertz CT molecular complexity index is 378. The molecule has 0 bridgehead atoms. The third kappa shape index (κ3) is 4.46. The van der Waals surface area contributed by atoms with E-state index in [4.69, 9.17) is 10.8 Å². The van der Waals surface area contributed by atoms with Crippen molar-refractivity contribution < 1.29 is 9.90 Å². The number of aryl methyl sites for hydroxylation is 1. The van der Waals surface area contributed by atoms with Crippen molar-refractivity contribution in [3.05, 3.63) is 18.0 Å². The van der Waals surface area contributed by atoms with Crippen LogP contribution in [-0.4, -0.2) is 33.9 Å². The number of rotatable bonds is 7. The Morgan fingerprint density at radius 1 is 1.67 bits per heavy atom. The van der Waals surface area contributed by atoms with Gasteiger partial charge in [0.15, 0.2) is 0 Å². The van der Waals surface area contributed by atoms with Gasteiger partial charge in [-0.05, 0) is 18.8 Å². The third-order valence-electron chi connectivity index (χ3n) is 2.85. The molecule has 2 unspecified atom stereocenters. The Morgan fingerprint density at radius 3 is 2.94 bits per heavy atom. The van der Waals surface area contributed by atoms with Crippen LogP contribution in [0, 0.1) is 5.92 Å². The Balaban J connectivity index is 2.28. The molecule has 102 valence electrons. The van der Waals surface area contributed by atoms with Crippen molar-refractivity contribution >= 4 is 5.91 Å². The smallest absolute Gasteiger partial charge is 0.241 e. The van der Waals surface area contributed by atoms with Crippen LogP contribution in [0.15, 0.2) is 12.4 Å². The van der Waals surface area contributed by atoms with E-state index in [-0.39, 0.29) is 18.4 Å². The molecule has 0 saturated carbocycles. The Labute approximate surface area is 107 Å². The van der Waals surface area contributed by atoms with Crippen molar-refractivity contribution in [2.75, 3.05) is 13.2 Å². The van der Waals surface area contributed by atoms with Crippen molar-refractivity contribution in [3.63, 3.8) is 0 Å². The number of nitrogens with one attached hydrogen (secondary N) is 1. The van der Waals surface area contributed by atoms with Crippen molar-refractivity contribution in [1.29, 1.82) is 0 Å². The molecular weight excluding hydrogens is 232 g/mol. The zero-order valence-corrected chi connectivity index (χ0v) is 11.0. The van der Waals surface area contributed by atoms with E-state index in [2.05, 4.69) is 10.4 Å². The van der Waals surface area contributed by atoms with Gasteiger partial charge in [0.05, 0.1) is 6.20 Å². The van der Waals surface area contributed by atoms with Crippen molar-refractivity contribution in [3.8, 4) is 0 Å². The maximum atomic E-state index is 11.7. The molecule has 0 aliphatic rings. The molecule has 1 aromatic heterocycles. The van der Waals surface area contributed by atoms with Crippen LogP contribution < -0.4 is 11.1 Å². The van der Waals surface area contributed by atoms with Crippen molar-refractivity contribution in [1.82, 2.24) is 15.1 Å². The molecule has 6 heteroatoms. The summed E-state index contributed by atoms with van der Waals surface area (Å²) in [4.78, 5) is 11.7. The molecule has 1 heterocycles.